The van der Waals surface area contributed by atoms with Crippen LogP contribution in [0, 0.1) is 0 Å². The van der Waals surface area contributed by atoms with Gasteiger partial charge in [-0.1, -0.05) is 41.4 Å². The Balaban J connectivity index is 1.46. The van der Waals surface area contributed by atoms with E-state index in [9.17, 15) is 14.7 Å². The molecule has 1 aliphatic rings. The van der Waals surface area contributed by atoms with Gasteiger partial charge in [-0.15, -0.1) is 0 Å². The maximum absolute atomic E-state index is 12.8. The Bertz CT molecular complexity index is 1310. The summed E-state index contributed by atoms with van der Waals surface area (Å²) in [6.45, 7) is 0.159. The fourth-order valence-corrected chi connectivity index (χ4v) is 4.25. The number of para-hydroxylation sites is 1. The molecule has 1 aliphatic heterocycles. The van der Waals surface area contributed by atoms with Crippen LogP contribution < -0.4 is 4.74 Å². The molecule has 0 spiro atoms. The van der Waals surface area contributed by atoms with Gasteiger partial charge < -0.3 is 9.84 Å². The molecular formula is C24H17Cl2N3O4S. The lowest BCUT2D eigenvalue weighted by Gasteiger charge is -2.13. The molecule has 2 amide bonds. The van der Waals surface area contributed by atoms with Crippen LogP contribution >= 0.6 is 35.0 Å². The van der Waals surface area contributed by atoms with Crippen molar-refractivity contribution < 1.29 is 19.4 Å². The molecule has 3 aromatic rings. The average Bonchev–Trinajstić information content (AvgIpc) is 3.08. The van der Waals surface area contributed by atoms with E-state index in [1.165, 1.54) is 12.1 Å². The van der Waals surface area contributed by atoms with Gasteiger partial charge in [0.05, 0.1) is 27.8 Å². The van der Waals surface area contributed by atoms with Crippen molar-refractivity contribution in [3.05, 3.63) is 87.2 Å². The third kappa shape index (κ3) is 5.77. The summed E-state index contributed by atoms with van der Waals surface area (Å²) >= 11 is 12.8. The molecule has 172 valence electrons. The van der Waals surface area contributed by atoms with Crippen molar-refractivity contribution in [1.29, 1.82) is 0 Å². The lowest BCUT2D eigenvalue weighted by Crippen LogP contribution is -2.32. The Morgan fingerprint density at radius 2 is 1.74 bits per heavy atom. The van der Waals surface area contributed by atoms with Gasteiger partial charge in [0.15, 0.2) is 0 Å². The second-order valence-corrected chi connectivity index (χ2v) is 8.87. The van der Waals surface area contributed by atoms with Gasteiger partial charge in [0, 0.05) is 10.6 Å². The highest BCUT2D eigenvalue weighted by Gasteiger charge is 2.35. The zero-order valence-electron chi connectivity index (χ0n) is 17.5. The first kappa shape index (κ1) is 23.8. The number of aromatic hydroxyl groups is 1. The molecule has 0 saturated carbocycles. The first-order chi connectivity index (χ1) is 16.4. The highest BCUT2D eigenvalue weighted by Crippen LogP contribution is 2.35. The molecule has 3 aromatic carbocycles. The molecule has 7 nitrogen and oxygen atoms in total. The molecule has 0 aliphatic carbocycles. The number of ether oxygens (including phenoxy) is 1. The fourth-order valence-electron chi connectivity index (χ4n) is 3.02. The first-order valence-corrected chi connectivity index (χ1v) is 11.6. The van der Waals surface area contributed by atoms with Gasteiger partial charge in [-0.05, 0) is 66.4 Å². The number of thioether (sulfide) groups is 1. The largest absolute Gasteiger partial charge is 0.507 e. The van der Waals surface area contributed by atoms with Crippen molar-refractivity contribution in [1.82, 2.24) is 4.90 Å². The zero-order chi connectivity index (χ0) is 24.1. The minimum absolute atomic E-state index is 0.0597. The Hall–Kier alpha value is -3.33. The Labute approximate surface area is 209 Å². The summed E-state index contributed by atoms with van der Waals surface area (Å²) in [6, 6.07) is 18.4. The minimum atomic E-state index is -0.469. The van der Waals surface area contributed by atoms with E-state index in [-0.39, 0.29) is 23.8 Å². The normalized spacial score (nSPS) is 15.0. The fraction of sp³-hybridized carbons (Fsp3) is 0.0833. The van der Waals surface area contributed by atoms with Crippen LogP contribution in [0.1, 0.15) is 5.56 Å². The van der Waals surface area contributed by atoms with Crippen molar-refractivity contribution in [2.45, 2.75) is 0 Å². The van der Waals surface area contributed by atoms with E-state index >= 15 is 0 Å². The zero-order valence-corrected chi connectivity index (χ0v) is 19.8. The second-order valence-electron chi connectivity index (χ2n) is 7.04. The number of amides is 2. The third-order valence-electron chi connectivity index (χ3n) is 4.67. The molecule has 0 radical (unpaired) electrons. The molecule has 4 rings (SSSR count). The molecule has 1 saturated heterocycles. The Morgan fingerprint density at radius 1 is 0.971 bits per heavy atom. The number of benzene rings is 3. The minimum Gasteiger partial charge on any atom is -0.507 e. The monoisotopic (exact) mass is 513 g/mol. The number of azo groups is 1. The summed E-state index contributed by atoms with van der Waals surface area (Å²) in [7, 11) is 0. The van der Waals surface area contributed by atoms with Crippen molar-refractivity contribution in [2.75, 3.05) is 13.2 Å². The second kappa shape index (κ2) is 10.7. The highest BCUT2D eigenvalue weighted by atomic mass is 35.5. The van der Waals surface area contributed by atoms with Gasteiger partial charge in [-0.25, -0.2) is 0 Å². The maximum Gasteiger partial charge on any atom is 0.293 e. The predicted octanol–water partition coefficient (Wildman–Crippen LogP) is 7.23. The number of phenols is 1. The molecule has 10 heteroatoms. The topological polar surface area (TPSA) is 91.6 Å². The van der Waals surface area contributed by atoms with Crippen LogP contribution in [0.4, 0.5) is 16.2 Å². The quantitative estimate of drug-likeness (QED) is 0.265. The predicted molar refractivity (Wildman–Crippen MR) is 133 cm³/mol. The van der Waals surface area contributed by atoms with Gasteiger partial charge in [0.1, 0.15) is 18.1 Å². The summed E-state index contributed by atoms with van der Waals surface area (Å²) in [6.07, 6.45) is 1.45. The van der Waals surface area contributed by atoms with Crippen molar-refractivity contribution >= 4 is 63.6 Å². The van der Waals surface area contributed by atoms with Gasteiger partial charge in [-0.3, -0.25) is 14.5 Å². The van der Waals surface area contributed by atoms with Crippen LogP contribution in [0.15, 0.2) is 81.9 Å². The van der Waals surface area contributed by atoms with E-state index in [0.717, 1.165) is 16.7 Å². The van der Waals surface area contributed by atoms with Gasteiger partial charge in [0.2, 0.25) is 0 Å². The summed E-state index contributed by atoms with van der Waals surface area (Å²) in [5.74, 6) is -0.0565. The Morgan fingerprint density at radius 3 is 2.50 bits per heavy atom. The van der Waals surface area contributed by atoms with Crippen molar-refractivity contribution in [3.8, 4) is 11.5 Å². The van der Waals surface area contributed by atoms with Crippen LogP contribution in [-0.4, -0.2) is 34.3 Å². The molecule has 0 aromatic heterocycles. The Kier molecular flexibility index (Phi) is 7.52. The summed E-state index contributed by atoms with van der Waals surface area (Å²) in [5, 5.41) is 19.1. The lowest BCUT2D eigenvalue weighted by molar-refractivity contribution is -0.123. The number of hydrogen-bond acceptors (Lipinski definition) is 7. The van der Waals surface area contributed by atoms with E-state index in [0.29, 0.717) is 32.7 Å². The number of rotatable bonds is 7. The van der Waals surface area contributed by atoms with Crippen LogP contribution in [0.25, 0.3) is 6.08 Å². The SMILES string of the molecule is O=C1S/C(=C\c2cc(N=Nc3cccc(Cl)c3)ccc2O)C(=O)N1CCOc1ccccc1Cl. The molecule has 34 heavy (non-hydrogen) atoms. The smallest absolute Gasteiger partial charge is 0.293 e. The number of carbonyl (C=O) groups is 2. The van der Waals surface area contributed by atoms with E-state index < -0.39 is 11.1 Å². The van der Waals surface area contributed by atoms with Gasteiger partial charge in [0.25, 0.3) is 11.1 Å². The summed E-state index contributed by atoms with van der Waals surface area (Å²) in [5.41, 5.74) is 1.36. The maximum atomic E-state index is 12.8. The van der Waals surface area contributed by atoms with E-state index in [1.54, 1.807) is 60.7 Å². The third-order valence-corrected chi connectivity index (χ3v) is 6.12. The van der Waals surface area contributed by atoms with Crippen LogP contribution in [0.5, 0.6) is 11.5 Å². The molecule has 0 atom stereocenters. The van der Waals surface area contributed by atoms with Gasteiger partial charge in [-0.2, -0.15) is 10.2 Å². The van der Waals surface area contributed by atoms with Crippen LogP contribution in [-0.2, 0) is 4.79 Å². The molecule has 1 N–H and O–H groups in total. The number of imide groups is 1. The number of halogens is 2. The van der Waals surface area contributed by atoms with Crippen LogP contribution in [0.2, 0.25) is 10.0 Å². The average molecular weight is 514 g/mol. The molecule has 1 heterocycles. The van der Waals surface area contributed by atoms with Gasteiger partial charge >= 0.3 is 0 Å². The van der Waals surface area contributed by atoms with E-state index in [4.69, 9.17) is 27.9 Å². The number of nitrogens with zero attached hydrogens (tertiary/aromatic N) is 3. The number of phenolic OH excluding ortho intramolecular Hbond substituents is 1. The highest BCUT2D eigenvalue weighted by molar-refractivity contribution is 8.18. The molecular weight excluding hydrogens is 497 g/mol. The molecule has 1 fully saturated rings. The summed E-state index contributed by atoms with van der Waals surface area (Å²) < 4.78 is 5.58. The molecule has 0 bridgehead atoms. The van der Waals surface area contributed by atoms with E-state index in [2.05, 4.69) is 10.2 Å². The van der Waals surface area contributed by atoms with Crippen molar-refractivity contribution in [2.24, 2.45) is 10.2 Å². The number of carbonyl (C=O) groups excluding carboxylic acids is 2. The van der Waals surface area contributed by atoms with E-state index in [1.807, 2.05) is 0 Å². The lowest BCUT2D eigenvalue weighted by atomic mass is 10.1. The van der Waals surface area contributed by atoms with Crippen molar-refractivity contribution in [3.63, 3.8) is 0 Å². The standard InChI is InChI=1S/C24H17Cl2N3O4S/c25-16-4-3-5-17(14-16)27-28-18-8-9-20(30)15(12-18)13-22-23(31)29(24(32)34-22)10-11-33-21-7-2-1-6-19(21)26/h1-9,12-14,30H,10-11H2/b22-13-,28-27?. The first-order valence-electron chi connectivity index (χ1n) is 10.0. The van der Waals surface area contributed by atoms with Crippen LogP contribution in [0.3, 0.4) is 0 Å². The summed E-state index contributed by atoms with van der Waals surface area (Å²) in [4.78, 5) is 26.4. The molecule has 0 unspecified atom stereocenters. The number of hydrogen-bond donors (Lipinski definition) is 1.